The second kappa shape index (κ2) is 8.91. The number of hydrogen-bond donors (Lipinski definition) is 0. The Hall–Kier alpha value is -2.53. The van der Waals surface area contributed by atoms with Crippen LogP contribution in [0.4, 0.5) is 0 Å². The number of ether oxygens (including phenoxy) is 2. The number of rotatable bonds is 7. The molecule has 0 saturated carbocycles. The van der Waals surface area contributed by atoms with Gasteiger partial charge in [-0.05, 0) is 54.8 Å². The first-order chi connectivity index (χ1) is 13.1. The number of carbonyl (C=O) groups excluding carboxylic acids is 1. The van der Waals surface area contributed by atoms with Crippen molar-refractivity contribution in [2.75, 3.05) is 34.4 Å². The van der Waals surface area contributed by atoms with Gasteiger partial charge in [0.05, 0.1) is 20.8 Å². The van der Waals surface area contributed by atoms with E-state index in [9.17, 15) is 4.79 Å². The molecule has 2 aromatic carbocycles. The van der Waals surface area contributed by atoms with Crippen molar-refractivity contribution < 1.29 is 14.3 Å². The van der Waals surface area contributed by atoms with Gasteiger partial charge in [-0.3, -0.25) is 9.69 Å². The average molecular weight is 368 g/mol. The molecule has 27 heavy (non-hydrogen) atoms. The Balaban J connectivity index is 1.61. The van der Waals surface area contributed by atoms with E-state index < -0.39 is 0 Å². The highest BCUT2D eigenvalue weighted by Gasteiger charge is 2.28. The third-order valence-corrected chi connectivity index (χ3v) is 5.18. The molecule has 0 radical (unpaired) electrons. The van der Waals surface area contributed by atoms with E-state index in [1.807, 2.05) is 43.4 Å². The van der Waals surface area contributed by atoms with E-state index >= 15 is 0 Å². The van der Waals surface area contributed by atoms with Crippen molar-refractivity contribution in [3.8, 4) is 11.5 Å². The maximum Gasteiger partial charge on any atom is 0.236 e. The zero-order chi connectivity index (χ0) is 19.2. The van der Waals surface area contributed by atoms with Crippen LogP contribution in [0, 0.1) is 0 Å². The lowest BCUT2D eigenvalue weighted by Gasteiger charge is -2.27. The van der Waals surface area contributed by atoms with Gasteiger partial charge in [0.2, 0.25) is 5.91 Å². The minimum Gasteiger partial charge on any atom is -0.497 e. The lowest BCUT2D eigenvalue weighted by atomic mass is 10.0. The Labute approximate surface area is 161 Å². The molecule has 1 heterocycles. The topological polar surface area (TPSA) is 42.0 Å². The Kier molecular flexibility index (Phi) is 6.35. The number of nitrogens with zero attached hydrogens (tertiary/aromatic N) is 2. The number of likely N-dealkylation sites (N-methyl/N-ethyl adjacent to an activating group) is 1. The first-order valence-electron chi connectivity index (χ1n) is 9.35. The van der Waals surface area contributed by atoms with Crippen LogP contribution in [0.2, 0.25) is 0 Å². The lowest BCUT2D eigenvalue weighted by Crippen LogP contribution is -2.37. The van der Waals surface area contributed by atoms with Gasteiger partial charge in [-0.15, -0.1) is 0 Å². The predicted octanol–water partition coefficient (Wildman–Crippen LogP) is 3.50. The molecule has 5 nitrogen and oxygen atoms in total. The molecule has 0 bridgehead atoms. The van der Waals surface area contributed by atoms with Gasteiger partial charge in [-0.1, -0.05) is 24.3 Å². The number of benzene rings is 2. The van der Waals surface area contributed by atoms with Crippen LogP contribution in [0.5, 0.6) is 11.5 Å². The molecule has 144 valence electrons. The van der Waals surface area contributed by atoms with E-state index in [0.717, 1.165) is 36.4 Å². The van der Waals surface area contributed by atoms with Crippen molar-refractivity contribution in [2.24, 2.45) is 0 Å². The molecule has 1 saturated heterocycles. The molecule has 0 aromatic heterocycles. The van der Waals surface area contributed by atoms with Gasteiger partial charge in [0.1, 0.15) is 11.5 Å². The summed E-state index contributed by atoms with van der Waals surface area (Å²) in [4.78, 5) is 16.8. The first-order valence-corrected chi connectivity index (χ1v) is 9.35. The average Bonchev–Trinajstić information content (AvgIpc) is 3.16. The van der Waals surface area contributed by atoms with E-state index in [-0.39, 0.29) is 5.91 Å². The zero-order valence-electron chi connectivity index (χ0n) is 16.4. The summed E-state index contributed by atoms with van der Waals surface area (Å²) in [6.07, 6.45) is 2.20. The molecule has 3 rings (SSSR count). The van der Waals surface area contributed by atoms with Gasteiger partial charge in [-0.25, -0.2) is 0 Å². The SMILES string of the molecule is COc1ccc(C2CCCN2CC(=O)N(C)Cc2cccc(OC)c2)cc1. The van der Waals surface area contributed by atoms with Crippen LogP contribution in [0.3, 0.4) is 0 Å². The van der Waals surface area contributed by atoms with Crippen molar-refractivity contribution >= 4 is 5.91 Å². The molecule has 1 fully saturated rings. The zero-order valence-corrected chi connectivity index (χ0v) is 16.4. The highest BCUT2D eigenvalue weighted by atomic mass is 16.5. The van der Waals surface area contributed by atoms with Crippen LogP contribution in [0.25, 0.3) is 0 Å². The van der Waals surface area contributed by atoms with E-state index in [2.05, 4.69) is 17.0 Å². The van der Waals surface area contributed by atoms with Crippen LogP contribution in [0.15, 0.2) is 48.5 Å². The Morgan fingerprint density at radius 2 is 1.85 bits per heavy atom. The highest BCUT2D eigenvalue weighted by molar-refractivity contribution is 5.78. The summed E-state index contributed by atoms with van der Waals surface area (Å²) in [5.74, 6) is 1.81. The minimum absolute atomic E-state index is 0.137. The third-order valence-electron chi connectivity index (χ3n) is 5.18. The largest absolute Gasteiger partial charge is 0.497 e. The lowest BCUT2D eigenvalue weighted by molar-refractivity contribution is -0.131. The van der Waals surface area contributed by atoms with Crippen LogP contribution >= 0.6 is 0 Å². The quantitative estimate of drug-likeness (QED) is 0.750. The predicted molar refractivity (Wildman–Crippen MR) is 106 cm³/mol. The summed E-state index contributed by atoms with van der Waals surface area (Å²) in [5, 5.41) is 0. The van der Waals surface area contributed by atoms with Crippen molar-refractivity contribution in [1.29, 1.82) is 0 Å². The van der Waals surface area contributed by atoms with Gasteiger partial charge in [0, 0.05) is 19.6 Å². The van der Waals surface area contributed by atoms with E-state index in [1.165, 1.54) is 5.56 Å². The summed E-state index contributed by atoms with van der Waals surface area (Å²) in [6.45, 7) is 1.98. The van der Waals surface area contributed by atoms with Crippen LogP contribution in [0.1, 0.15) is 30.0 Å². The van der Waals surface area contributed by atoms with E-state index in [1.54, 1.807) is 19.1 Å². The van der Waals surface area contributed by atoms with Gasteiger partial charge in [0.25, 0.3) is 0 Å². The normalized spacial score (nSPS) is 16.9. The molecule has 1 atom stereocenters. The summed E-state index contributed by atoms with van der Waals surface area (Å²) < 4.78 is 10.5. The van der Waals surface area contributed by atoms with Crippen LogP contribution < -0.4 is 9.47 Å². The van der Waals surface area contributed by atoms with E-state index in [4.69, 9.17) is 9.47 Å². The molecule has 1 aliphatic heterocycles. The first kappa shape index (κ1) is 19.2. The molecular weight excluding hydrogens is 340 g/mol. The highest BCUT2D eigenvalue weighted by Crippen LogP contribution is 2.32. The molecule has 1 unspecified atom stereocenters. The molecule has 2 aromatic rings. The Morgan fingerprint density at radius 1 is 1.11 bits per heavy atom. The molecule has 0 aliphatic carbocycles. The van der Waals surface area contributed by atoms with Gasteiger partial charge in [-0.2, -0.15) is 0 Å². The Bertz CT molecular complexity index is 760. The van der Waals surface area contributed by atoms with Crippen LogP contribution in [-0.2, 0) is 11.3 Å². The van der Waals surface area contributed by atoms with E-state index in [0.29, 0.717) is 19.1 Å². The van der Waals surface area contributed by atoms with Crippen molar-refractivity contribution in [2.45, 2.75) is 25.4 Å². The summed E-state index contributed by atoms with van der Waals surface area (Å²) in [6, 6.07) is 16.3. The summed E-state index contributed by atoms with van der Waals surface area (Å²) in [7, 11) is 5.19. The fourth-order valence-corrected chi connectivity index (χ4v) is 3.65. The molecule has 5 heteroatoms. The number of methoxy groups -OCH3 is 2. The maximum atomic E-state index is 12.8. The number of carbonyl (C=O) groups is 1. The summed E-state index contributed by atoms with van der Waals surface area (Å²) in [5.41, 5.74) is 2.31. The van der Waals surface area contributed by atoms with Crippen molar-refractivity contribution in [1.82, 2.24) is 9.80 Å². The molecule has 1 amide bonds. The fraction of sp³-hybridized carbons (Fsp3) is 0.409. The number of hydrogen-bond acceptors (Lipinski definition) is 4. The van der Waals surface area contributed by atoms with Crippen molar-refractivity contribution in [3.63, 3.8) is 0 Å². The maximum absolute atomic E-state index is 12.8. The van der Waals surface area contributed by atoms with Gasteiger partial charge < -0.3 is 14.4 Å². The molecule has 0 spiro atoms. The molecule has 0 N–H and O–H groups in total. The number of amides is 1. The molecular formula is C22H28N2O3. The standard InChI is InChI=1S/C22H28N2O3/c1-23(15-17-6-4-7-20(14-17)27-3)22(25)16-24-13-5-8-21(24)18-9-11-19(26-2)12-10-18/h4,6-7,9-12,14,21H,5,8,13,15-16H2,1-3H3. The smallest absolute Gasteiger partial charge is 0.236 e. The summed E-state index contributed by atoms with van der Waals surface area (Å²) >= 11 is 0. The monoisotopic (exact) mass is 368 g/mol. The van der Waals surface area contributed by atoms with Gasteiger partial charge >= 0.3 is 0 Å². The van der Waals surface area contributed by atoms with Gasteiger partial charge in [0.15, 0.2) is 0 Å². The van der Waals surface area contributed by atoms with Crippen LogP contribution in [-0.4, -0.2) is 50.1 Å². The minimum atomic E-state index is 0.137. The second-order valence-electron chi connectivity index (χ2n) is 7.00. The second-order valence-corrected chi connectivity index (χ2v) is 7.00. The molecule has 1 aliphatic rings. The number of likely N-dealkylation sites (tertiary alicyclic amines) is 1. The fourth-order valence-electron chi connectivity index (χ4n) is 3.65. The third kappa shape index (κ3) is 4.80. The van der Waals surface area contributed by atoms with Crippen molar-refractivity contribution in [3.05, 3.63) is 59.7 Å². The Morgan fingerprint density at radius 3 is 2.56 bits per heavy atom.